The summed E-state index contributed by atoms with van der Waals surface area (Å²) in [7, 11) is 0.0499. The van der Waals surface area contributed by atoms with Crippen molar-refractivity contribution in [1.29, 1.82) is 0 Å². The second kappa shape index (κ2) is 6.98. The zero-order valence-electron chi connectivity index (χ0n) is 13.7. The van der Waals surface area contributed by atoms with Crippen LogP contribution in [0.1, 0.15) is 10.4 Å². The second-order valence-corrected chi connectivity index (χ2v) is 6.93. The van der Waals surface area contributed by atoms with Crippen molar-refractivity contribution >= 4 is 21.7 Å². The molecule has 7 nitrogen and oxygen atoms in total. The lowest BCUT2D eigenvalue weighted by Gasteiger charge is -2.21. The van der Waals surface area contributed by atoms with Gasteiger partial charge in [-0.3, -0.25) is 4.31 Å². The van der Waals surface area contributed by atoms with Gasteiger partial charge in [0.1, 0.15) is 5.82 Å². The van der Waals surface area contributed by atoms with Crippen LogP contribution < -0.4 is 13.8 Å². The number of ether oxygens (including phenoxy) is 2. The molecule has 2 rings (SSSR count). The standard InChI is InChI=1S/C16H16FNO6S/c1-18(10-4-7-14(23-2)15(8-10)24-3)25(21,22)11-5-6-13(17)12(9-11)16(19)20/h4-9H,1-3H3,(H,19,20). The number of nitrogens with zero attached hydrogens (tertiary/aromatic N) is 1. The molecule has 0 spiro atoms. The number of sulfonamides is 1. The number of benzene rings is 2. The number of carbonyl (C=O) groups is 1. The van der Waals surface area contributed by atoms with Gasteiger partial charge in [-0.1, -0.05) is 0 Å². The summed E-state index contributed by atoms with van der Waals surface area (Å²) in [6.45, 7) is 0. The van der Waals surface area contributed by atoms with Gasteiger partial charge < -0.3 is 14.6 Å². The van der Waals surface area contributed by atoms with E-state index in [9.17, 15) is 17.6 Å². The van der Waals surface area contributed by atoms with E-state index in [1.807, 2.05) is 0 Å². The largest absolute Gasteiger partial charge is 0.493 e. The Morgan fingerprint density at radius 1 is 1.08 bits per heavy atom. The maximum atomic E-state index is 13.5. The molecule has 0 radical (unpaired) electrons. The summed E-state index contributed by atoms with van der Waals surface area (Å²) in [5.41, 5.74) is -0.458. The maximum absolute atomic E-state index is 13.5. The average molecular weight is 369 g/mol. The minimum absolute atomic E-state index is 0.263. The van der Waals surface area contributed by atoms with E-state index in [0.717, 1.165) is 22.5 Å². The summed E-state index contributed by atoms with van der Waals surface area (Å²) in [6.07, 6.45) is 0. The first-order valence-corrected chi connectivity index (χ1v) is 8.40. The number of rotatable bonds is 6. The van der Waals surface area contributed by atoms with Crippen LogP contribution in [0.25, 0.3) is 0 Å². The van der Waals surface area contributed by atoms with E-state index in [0.29, 0.717) is 11.5 Å². The van der Waals surface area contributed by atoms with Gasteiger partial charge in [-0.25, -0.2) is 17.6 Å². The van der Waals surface area contributed by atoms with Gasteiger partial charge in [0.25, 0.3) is 10.0 Å². The van der Waals surface area contributed by atoms with Gasteiger partial charge in [0.05, 0.1) is 30.4 Å². The van der Waals surface area contributed by atoms with Crippen molar-refractivity contribution in [3.63, 3.8) is 0 Å². The molecular weight excluding hydrogens is 353 g/mol. The first kappa shape index (κ1) is 18.5. The molecule has 2 aromatic carbocycles. The third-order valence-corrected chi connectivity index (χ3v) is 5.34. The van der Waals surface area contributed by atoms with E-state index in [4.69, 9.17) is 14.6 Å². The van der Waals surface area contributed by atoms with Gasteiger partial charge >= 0.3 is 5.97 Å². The molecule has 0 aromatic heterocycles. The van der Waals surface area contributed by atoms with E-state index in [-0.39, 0.29) is 10.6 Å². The fourth-order valence-electron chi connectivity index (χ4n) is 2.15. The minimum Gasteiger partial charge on any atom is -0.493 e. The van der Waals surface area contributed by atoms with Gasteiger partial charge in [0.2, 0.25) is 0 Å². The molecule has 0 bridgehead atoms. The summed E-state index contributed by atoms with van der Waals surface area (Å²) >= 11 is 0. The van der Waals surface area contributed by atoms with E-state index in [1.54, 1.807) is 0 Å². The Morgan fingerprint density at radius 3 is 2.28 bits per heavy atom. The van der Waals surface area contributed by atoms with Crippen LogP contribution in [0.4, 0.5) is 10.1 Å². The van der Waals surface area contributed by atoms with E-state index in [1.165, 1.54) is 39.5 Å². The Hall–Kier alpha value is -2.81. The van der Waals surface area contributed by atoms with Crippen LogP contribution in [0.5, 0.6) is 11.5 Å². The Morgan fingerprint density at radius 2 is 1.72 bits per heavy atom. The molecule has 0 amide bonds. The SMILES string of the molecule is COc1ccc(N(C)S(=O)(=O)c2ccc(F)c(C(=O)O)c2)cc1OC. The lowest BCUT2D eigenvalue weighted by Crippen LogP contribution is -2.27. The van der Waals surface area contributed by atoms with Gasteiger partial charge in [0.15, 0.2) is 11.5 Å². The monoisotopic (exact) mass is 369 g/mol. The third kappa shape index (κ3) is 3.50. The highest BCUT2D eigenvalue weighted by molar-refractivity contribution is 7.92. The topological polar surface area (TPSA) is 93.1 Å². The number of carboxylic acid groups (broad SMARTS) is 1. The molecule has 134 valence electrons. The molecule has 0 fully saturated rings. The van der Waals surface area contributed by atoms with Crippen molar-refractivity contribution in [1.82, 2.24) is 0 Å². The van der Waals surface area contributed by atoms with Crippen LogP contribution >= 0.6 is 0 Å². The van der Waals surface area contributed by atoms with Crippen LogP contribution in [0.15, 0.2) is 41.3 Å². The highest BCUT2D eigenvalue weighted by Gasteiger charge is 2.24. The number of anilines is 1. The molecular formula is C16H16FNO6S. The highest BCUT2D eigenvalue weighted by atomic mass is 32.2. The van der Waals surface area contributed by atoms with Gasteiger partial charge in [0, 0.05) is 13.1 Å². The minimum atomic E-state index is -4.10. The molecule has 2 aromatic rings. The van der Waals surface area contributed by atoms with Crippen molar-refractivity contribution in [2.45, 2.75) is 4.90 Å². The number of carboxylic acids is 1. The second-order valence-electron chi connectivity index (χ2n) is 4.96. The molecule has 9 heteroatoms. The van der Waals surface area contributed by atoms with Crippen LogP contribution in [-0.4, -0.2) is 40.8 Å². The quantitative estimate of drug-likeness (QED) is 0.840. The van der Waals surface area contributed by atoms with E-state index in [2.05, 4.69) is 0 Å². The molecule has 1 N–H and O–H groups in total. The third-order valence-electron chi connectivity index (χ3n) is 3.56. The first-order valence-electron chi connectivity index (χ1n) is 6.96. The highest BCUT2D eigenvalue weighted by Crippen LogP contribution is 2.33. The Kier molecular flexibility index (Phi) is 5.17. The normalized spacial score (nSPS) is 11.0. The molecule has 0 unspecified atom stereocenters. The van der Waals surface area contributed by atoms with E-state index < -0.39 is 27.4 Å². The lowest BCUT2D eigenvalue weighted by atomic mass is 10.2. The predicted octanol–water partition coefficient (Wildman–Crippen LogP) is 2.37. The summed E-state index contributed by atoms with van der Waals surface area (Å²) in [4.78, 5) is 10.7. The summed E-state index contributed by atoms with van der Waals surface area (Å²) in [5, 5.41) is 8.96. The van der Waals surface area contributed by atoms with Crippen LogP contribution in [0.2, 0.25) is 0 Å². The van der Waals surface area contributed by atoms with Gasteiger partial charge in [-0.05, 0) is 30.3 Å². The molecule has 0 heterocycles. The lowest BCUT2D eigenvalue weighted by molar-refractivity contribution is 0.0691. The van der Waals surface area contributed by atoms with Crippen molar-refractivity contribution in [2.75, 3.05) is 25.6 Å². The Balaban J connectivity index is 2.49. The fraction of sp³-hybridized carbons (Fsp3) is 0.188. The fourth-order valence-corrected chi connectivity index (χ4v) is 3.36. The molecule has 0 aliphatic carbocycles. The number of methoxy groups -OCH3 is 2. The van der Waals surface area contributed by atoms with Gasteiger partial charge in [-0.2, -0.15) is 0 Å². The van der Waals surface area contributed by atoms with Gasteiger partial charge in [-0.15, -0.1) is 0 Å². The summed E-state index contributed by atoms with van der Waals surface area (Å²) in [6, 6.07) is 7.09. The first-order chi connectivity index (χ1) is 11.7. The number of halogens is 1. The molecule has 25 heavy (non-hydrogen) atoms. The maximum Gasteiger partial charge on any atom is 0.338 e. The molecule has 0 saturated carbocycles. The predicted molar refractivity (Wildman–Crippen MR) is 88.5 cm³/mol. The number of hydrogen-bond acceptors (Lipinski definition) is 5. The average Bonchev–Trinajstić information content (AvgIpc) is 2.60. The zero-order chi connectivity index (χ0) is 18.8. The molecule has 0 aliphatic rings. The smallest absolute Gasteiger partial charge is 0.338 e. The molecule has 0 aliphatic heterocycles. The Labute approximate surface area is 144 Å². The Bertz CT molecular complexity index is 913. The van der Waals surface area contributed by atoms with Crippen molar-refractivity contribution in [2.24, 2.45) is 0 Å². The summed E-state index contributed by atoms with van der Waals surface area (Å²) in [5.74, 6) is -1.82. The van der Waals surface area contributed by atoms with E-state index >= 15 is 0 Å². The zero-order valence-corrected chi connectivity index (χ0v) is 14.5. The van der Waals surface area contributed by atoms with Crippen LogP contribution in [0, 0.1) is 5.82 Å². The van der Waals surface area contributed by atoms with Crippen molar-refractivity contribution in [3.05, 3.63) is 47.8 Å². The van der Waals surface area contributed by atoms with Crippen molar-refractivity contribution in [3.8, 4) is 11.5 Å². The van der Waals surface area contributed by atoms with Crippen LogP contribution in [0.3, 0.4) is 0 Å². The molecule has 0 saturated heterocycles. The molecule has 0 atom stereocenters. The number of hydrogen-bond donors (Lipinski definition) is 1. The summed E-state index contributed by atoms with van der Waals surface area (Å²) < 4.78 is 50.1. The van der Waals surface area contributed by atoms with Crippen molar-refractivity contribution < 1.29 is 32.2 Å². The van der Waals surface area contributed by atoms with Crippen LogP contribution in [-0.2, 0) is 10.0 Å². The number of aromatic carboxylic acids is 1.